The van der Waals surface area contributed by atoms with Crippen LogP contribution in [0.25, 0.3) is 10.6 Å². The second-order valence-corrected chi connectivity index (χ2v) is 9.25. The first-order valence-electron chi connectivity index (χ1n) is 9.21. The molecule has 2 aliphatic heterocycles. The van der Waals surface area contributed by atoms with E-state index < -0.39 is 16.0 Å². The number of ether oxygens (including phenoxy) is 3. The summed E-state index contributed by atoms with van der Waals surface area (Å²) < 4.78 is 42.8. The van der Waals surface area contributed by atoms with Crippen LogP contribution in [0.2, 0.25) is 0 Å². The molecule has 3 heterocycles. The Hall–Kier alpha value is -3.18. The van der Waals surface area contributed by atoms with E-state index >= 15 is 0 Å². The summed E-state index contributed by atoms with van der Waals surface area (Å²) in [4.78, 5) is 18.6. The number of sulfonamides is 1. The summed E-state index contributed by atoms with van der Waals surface area (Å²) in [5, 5.41) is 2.59. The molecular formula is C20H19N3O6S2. The van der Waals surface area contributed by atoms with Crippen molar-refractivity contribution in [2.24, 2.45) is 4.40 Å². The maximum Gasteiger partial charge on any atom is 0.340 e. The fourth-order valence-electron chi connectivity index (χ4n) is 3.02. The Bertz CT molecular complexity index is 1210. The van der Waals surface area contributed by atoms with Crippen molar-refractivity contribution in [3.8, 4) is 22.1 Å². The number of fused-ring (bicyclic) bond motifs is 1. The first-order chi connectivity index (χ1) is 14.9. The third-order valence-corrected chi connectivity index (χ3v) is 6.70. The second-order valence-electron chi connectivity index (χ2n) is 6.64. The van der Waals surface area contributed by atoms with Gasteiger partial charge >= 0.3 is 5.97 Å². The van der Waals surface area contributed by atoms with Gasteiger partial charge in [0.2, 0.25) is 0 Å². The highest BCUT2D eigenvalue weighted by atomic mass is 32.2. The minimum atomic E-state index is -3.44. The van der Waals surface area contributed by atoms with Crippen molar-refractivity contribution in [3.63, 3.8) is 0 Å². The number of hydrogen-bond acceptors (Lipinski definition) is 9. The van der Waals surface area contributed by atoms with Gasteiger partial charge in [0.1, 0.15) is 17.5 Å². The van der Waals surface area contributed by atoms with Crippen molar-refractivity contribution in [1.82, 2.24) is 9.88 Å². The first-order valence-corrected chi connectivity index (χ1v) is 11.7. The van der Waals surface area contributed by atoms with E-state index in [4.69, 9.17) is 14.2 Å². The molecule has 0 bridgehead atoms. The van der Waals surface area contributed by atoms with Crippen molar-refractivity contribution in [3.05, 3.63) is 53.2 Å². The molecule has 0 saturated carbocycles. The van der Waals surface area contributed by atoms with Crippen LogP contribution < -0.4 is 9.47 Å². The van der Waals surface area contributed by atoms with Crippen molar-refractivity contribution < 1.29 is 27.4 Å². The molecule has 0 spiro atoms. The fraction of sp³-hybridized carbons (Fsp3) is 0.250. The number of nitrogens with zero attached hydrogens (tertiary/aromatic N) is 3. The molecule has 4 rings (SSSR count). The van der Waals surface area contributed by atoms with Gasteiger partial charge in [-0.1, -0.05) is 0 Å². The lowest BCUT2D eigenvalue weighted by Gasteiger charge is -2.26. The molecule has 2 aliphatic rings. The molecule has 0 fully saturated rings. The van der Waals surface area contributed by atoms with Crippen LogP contribution in [-0.2, 0) is 26.2 Å². The van der Waals surface area contributed by atoms with Crippen LogP contribution >= 0.6 is 11.3 Å². The van der Waals surface area contributed by atoms with Crippen LogP contribution in [0.4, 0.5) is 0 Å². The molecule has 1 aromatic heterocycles. The molecule has 1 aromatic carbocycles. The molecular weight excluding hydrogens is 442 g/mol. The van der Waals surface area contributed by atoms with Gasteiger partial charge in [-0.3, -0.25) is 0 Å². The predicted octanol–water partition coefficient (Wildman–Crippen LogP) is 2.37. The minimum Gasteiger partial charge on any atom is -0.493 e. The zero-order chi connectivity index (χ0) is 22.0. The van der Waals surface area contributed by atoms with Crippen molar-refractivity contribution in [2.45, 2.75) is 6.61 Å². The summed E-state index contributed by atoms with van der Waals surface area (Å²) in [6.07, 6.45) is 4.53. The topological polar surface area (TPSA) is 107 Å². The van der Waals surface area contributed by atoms with Crippen molar-refractivity contribution in [2.75, 3.05) is 26.5 Å². The van der Waals surface area contributed by atoms with Crippen LogP contribution in [0, 0.1) is 0 Å². The van der Waals surface area contributed by atoms with E-state index in [0.29, 0.717) is 28.6 Å². The number of rotatable bonds is 6. The summed E-state index contributed by atoms with van der Waals surface area (Å²) in [6.45, 7) is 0.256. The lowest BCUT2D eigenvalue weighted by molar-refractivity contribution is -0.140. The van der Waals surface area contributed by atoms with Crippen LogP contribution in [0.15, 0.2) is 51.9 Å². The molecule has 11 heteroatoms. The normalized spacial score (nSPS) is 16.8. The van der Waals surface area contributed by atoms with Gasteiger partial charge in [0, 0.05) is 23.7 Å². The molecule has 162 valence electrons. The molecule has 2 aromatic rings. The lowest BCUT2D eigenvalue weighted by Crippen LogP contribution is -2.37. The summed E-state index contributed by atoms with van der Waals surface area (Å²) in [7, 11) is -0.294. The second kappa shape index (κ2) is 8.52. The van der Waals surface area contributed by atoms with Gasteiger partial charge in [0.15, 0.2) is 11.5 Å². The van der Waals surface area contributed by atoms with Crippen LogP contribution in [0.3, 0.4) is 0 Å². The van der Waals surface area contributed by atoms with E-state index in [1.165, 1.54) is 23.5 Å². The number of aromatic nitrogens is 1. The van der Waals surface area contributed by atoms with Gasteiger partial charge in [0.05, 0.1) is 31.2 Å². The number of methoxy groups -OCH3 is 2. The Balaban J connectivity index is 1.41. The van der Waals surface area contributed by atoms with Gasteiger partial charge in [-0.25, -0.2) is 18.2 Å². The molecule has 0 saturated heterocycles. The van der Waals surface area contributed by atoms with Gasteiger partial charge in [0.25, 0.3) is 10.0 Å². The number of carbonyl (C=O) groups excluding carboxylic acids is 1. The van der Waals surface area contributed by atoms with Gasteiger partial charge in [-0.15, -0.1) is 15.7 Å². The van der Waals surface area contributed by atoms with Gasteiger partial charge in [-0.2, -0.15) is 0 Å². The standard InChI is InChI=1S/C20H19N3O6S2/c1-27-16-5-3-13(9-17(16)28-2)19-21-15(12-30-19)11-29-20(24)14-4-6-18-22-31(25,26)8-7-23(18)10-14/h3-6,9-10,12H,7-8,11H2,1-2H3. The average Bonchev–Trinajstić information content (AvgIpc) is 3.25. The Morgan fingerprint density at radius 3 is 2.77 bits per heavy atom. The van der Waals surface area contributed by atoms with Gasteiger partial charge in [-0.05, 0) is 30.4 Å². The Morgan fingerprint density at radius 2 is 2.00 bits per heavy atom. The largest absolute Gasteiger partial charge is 0.493 e. The summed E-state index contributed by atoms with van der Waals surface area (Å²) >= 11 is 1.43. The number of benzene rings is 1. The minimum absolute atomic E-state index is 0.0170. The molecule has 0 atom stereocenters. The molecule has 0 aliphatic carbocycles. The highest BCUT2D eigenvalue weighted by Gasteiger charge is 2.25. The van der Waals surface area contributed by atoms with Gasteiger partial charge < -0.3 is 19.1 Å². The molecule has 0 unspecified atom stereocenters. The maximum atomic E-state index is 12.4. The predicted molar refractivity (Wildman–Crippen MR) is 116 cm³/mol. The van der Waals surface area contributed by atoms with E-state index in [1.54, 1.807) is 31.4 Å². The van der Waals surface area contributed by atoms with Crippen molar-refractivity contribution in [1.29, 1.82) is 0 Å². The smallest absolute Gasteiger partial charge is 0.340 e. The Labute approximate surface area is 183 Å². The van der Waals surface area contributed by atoms with E-state index in [9.17, 15) is 13.2 Å². The fourth-order valence-corrected chi connectivity index (χ4v) is 4.79. The third kappa shape index (κ3) is 4.62. The summed E-state index contributed by atoms with van der Waals surface area (Å²) in [5.74, 6) is 0.908. The number of amidine groups is 1. The highest BCUT2D eigenvalue weighted by Crippen LogP contribution is 2.33. The monoisotopic (exact) mass is 461 g/mol. The van der Waals surface area contributed by atoms with Crippen molar-refractivity contribution >= 4 is 33.2 Å². The lowest BCUT2D eigenvalue weighted by atomic mass is 10.2. The van der Waals surface area contributed by atoms with Crippen LogP contribution in [0.5, 0.6) is 11.5 Å². The zero-order valence-electron chi connectivity index (χ0n) is 16.8. The number of thiazole rings is 1. The van der Waals surface area contributed by atoms with E-state index in [0.717, 1.165) is 10.6 Å². The van der Waals surface area contributed by atoms with Crippen LogP contribution in [-0.4, -0.2) is 56.6 Å². The van der Waals surface area contributed by atoms with E-state index in [2.05, 4.69) is 9.38 Å². The maximum absolute atomic E-state index is 12.4. The highest BCUT2D eigenvalue weighted by molar-refractivity contribution is 7.90. The molecule has 0 amide bonds. The first kappa shape index (κ1) is 21.1. The Kier molecular flexibility index (Phi) is 5.79. The molecule has 0 radical (unpaired) electrons. The van der Waals surface area contributed by atoms with Crippen LogP contribution in [0.1, 0.15) is 5.69 Å². The summed E-state index contributed by atoms with van der Waals surface area (Å²) in [5.41, 5.74) is 1.80. The molecule has 31 heavy (non-hydrogen) atoms. The number of esters is 1. The number of hydrogen-bond donors (Lipinski definition) is 0. The Morgan fingerprint density at radius 1 is 1.19 bits per heavy atom. The van der Waals surface area contributed by atoms with E-state index in [-0.39, 0.29) is 18.9 Å². The van der Waals surface area contributed by atoms with E-state index in [1.807, 2.05) is 17.5 Å². The molecule has 9 nitrogen and oxygen atoms in total. The average molecular weight is 462 g/mol. The molecule has 0 N–H and O–H groups in total. The summed E-state index contributed by atoms with van der Waals surface area (Å²) in [6, 6.07) is 5.52. The quantitative estimate of drug-likeness (QED) is 0.604. The SMILES string of the molecule is COc1ccc(-c2nc(COC(=O)C3=CN4CCS(=O)(=O)N=C4C=C3)cs2)cc1OC. The number of carbonyl (C=O) groups is 1. The zero-order valence-corrected chi connectivity index (χ0v) is 18.4. The third-order valence-electron chi connectivity index (χ3n) is 4.59.